The third kappa shape index (κ3) is 2.49. The molecule has 4 aromatic rings. The predicted molar refractivity (Wildman–Crippen MR) is 93.2 cm³/mol. The number of Topliss-reactive ketones (excluding diaryl/α,β-unsaturated/α-hetero) is 1. The molecule has 0 unspecified atom stereocenters. The first kappa shape index (κ1) is 15.0. The van der Waals surface area contributed by atoms with Crippen molar-refractivity contribution in [1.29, 1.82) is 0 Å². The van der Waals surface area contributed by atoms with E-state index in [0.717, 1.165) is 15.2 Å². The van der Waals surface area contributed by atoms with Crippen LogP contribution in [0, 0.1) is 0 Å². The lowest BCUT2D eigenvalue weighted by atomic mass is 10.1. The Morgan fingerprint density at radius 3 is 2.79 bits per heavy atom. The zero-order chi connectivity index (χ0) is 16.7. The number of carbonyl (C=O) groups is 1. The van der Waals surface area contributed by atoms with E-state index in [2.05, 4.69) is 10.2 Å². The lowest BCUT2D eigenvalue weighted by molar-refractivity contribution is 0.102. The fourth-order valence-corrected chi connectivity index (χ4v) is 4.22. The third-order valence-electron chi connectivity index (χ3n) is 3.54. The molecule has 0 aliphatic heterocycles. The number of aromatic hydroxyl groups is 2. The quantitative estimate of drug-likeness (QED) is 0.331. The highest BCUT2D eigenvalue weighted by molar-refractivity contribution is 7.99. The Labute approximate surface area is 144 Å². The standard InChI is InChI=1S/C16H11N3O3S2/c20-11-6-5-9(7-12(11)21)13(22)8-23-15-17-18-16-19(15)10-3-1-2-4-14(10)24-16/h1-7,20-21H,8H2. The van der Waals surface area contributed by atoms with E-state index in [1.165, 1.54) is 30.0 Å². The van der Waals surface area contributed by atoms with Crippen LogP contribution in [0.3, 0.4) is 0 Å². The molecular weight excluding hydrogens is 346 g/mol. The Hall–Kier alpha value is -2.58. The van der Waals surface area contributed by atoms with Gasteiger partial charge in [-0.1, -0.05) is 35.2 Å². The van der Waals surface area contributed by atoms with Crippen LogP contribution < -0.4 is 0 Å². The van der Waals surface area contributed by atoms with Gasteiger partial charge in [0, 0.05) is 5.56 Å². The summed E-state index contributed by atoms with van der Waals surface area (Å²) in [5.41, 5.74) is 1.36. The summed E-state index contributed by atoms with van der Waals surface area (Å²) in [6.45, 7) is 0. The molecule has 0 aliphatic carbocycles. The molecule has 0 atom stereocenters. The third-order valence-corrected chi connectivity index (χ3v) is 5.48. The molecule has 0 fully saturated rings. The summed E-state index contributed by atoms with van der Waals surface area (Å²) in [5, 5.41) is 27.8. The van der Waals surface area contributed by atoms with Crippen molar-refractivity contribution >= 4 is 44.1 Å². The van der Waals surface area contributed by atoms with Crippen LogP contribution in [0.15, 0.2) is 47.6 Å². The maximum Gasteiger partial charge on any atom is 0.217 e. The van der Waals surface area contributed by atoms with Crippen molar-refractivity contribution in [2.75, 3.05) is 5.75 Å². The highest BCUT2D eigenvalue weighted by Gasteiger charge is 2.15. The summed E-state index contributed by atoms with van der Waals surface area (Å²) in [5.74, 6) is -0.552. The number of hydrogen-bond donors (Lipinski definition) is 2. The molecule has 0 saturated heterocycles. The van der Waals surface area contributed by atoms with Crippen molar-refractivity contribution in [2.24, 2.45) is 0 Å². The van der Waals surface area contributed by atoms with E-state index in [1.807, 2.05) is 28.7 Å². The van der Waals surface area contributed by atoms with Gasteiger partial charge in [-0.3, -0.25) is 9.20 Å². The number of thiazole rings is 1. The van der Waals surface area contributed by atoms with Crippen LogP contribution in [0.4, 0.5) is 0 Å². The van der Waals surface area contributed by atoms with Crippen LogP contribution in [-0.4, -0.2) is 36.3 Å². The first-order chi connectivity index (χ1) is 11.6. The number of phenolic OH excluding ortho intramolecular Hbond substituents is 2. The maximum atomic E-state index is 12.3. The first-order valence-electron chi connectivity index (χ1n) is 7.04. The van der Waals surface area contributed by atoms with Gasteiger partial charge in [-0.25, -0.2) is 0 Å². The van der Waals surface area contributed by atoms with Crippen LogP contribution >= 0.6 is 23.1 Å². The fraction of sp³-hybridized carbons (Fsp3) is 0.0625. The highest BCUT2D eigenvalue weighted by Crippen LogP contribution is 2.30. The fourth-order valence-electron chi connectivity index (χ4n) is 2.36. The number of para-hydroxylation sites is 1. The number of thioether (sulfide) groups is 1. The second kappa shape index (κ2) is 5.81. The Bertz CT molecular complexity index is 1070. The van der Waals surface area contributed by atoms with Crippen LogP contribution in [0.2, 0.25) is 0 Å². The molecule has 0 amide bonds. The predicted octanol–water partition coefficient (Wildman–Crippen LogP) is 3.33. The molecule has 8 heteroatoms. The number of carbonyl (C=O) groups excluding carboxylic acids is 1. The molecular formula is C16H11N3O3S2. The van der Waals surface area contributed by atoms with Crippen molar-refractivity contribution in [3.8, 4) is 11.5 Å². The molecule has 0 bridgehead atoms. The number of ketones is 1. The second-order valence-corrected chi connectivity index (χ2v) is 7.04. The SMILES string of the molecule is O=C(CSc1nnc2sc3ccccc3n12)c1ccc(O)c(O)c1. The second-order valence-electron chi connectivity index (χ2n) is 5.09. The Kier molecular flexibility index (Phi) is 3.62. The number of rotatable bonds is 4. The Morgan fingerprint density at radius 2 is 1.96 bits per heavy atom. The van der Waals surface area contributed by atoms with Crippen molar-refractivity contribution in [1.82, 2.24) is 14.6 Å². The number of benzene rings is 2. The van der Waals surface area contributed by atoms with E-state index in [1.54, 1.807) is 11.3 Å². The lowest BCUT2D eigenvalue weighted by Crippen LogP contribution is -2.03. The van der Waals surface area contributed by atoms with E-state index in [0.29, 0.717) is 10.7 Å². The van der Waals surface area contributed by atoms with Gasteiger partial charge in [-0.05, 0) is 30.3 Å². The van der Waals surface area contributed by atoms with Crippen LogP contribution in [-0.2, 0) is 0 Å². The molecule has 2 aromatic heterocycles. The molecule has 24 heavy (non-hydrogen) atoms. The monoisotopic (exact) mass is 357 g/mol. The van der Waals surface area contributed by atoms with E-state index >= 15 is 0 Å². The minimum absolute atomic E-state index is 0.161. The summed E-state index contributed by atoms with van der Waals surface area (Å²) in [4.78, 5) is 13.1. The van der Waals surface area contributed by atoms with Crippen molar-refractivity contribution in [3.05, 3.63) is 48.0 Å². The summed E-state index contributed by atoms with van der Waals surface area (Å²) in [6, 6.07) is 12.0. The molecule has 0 saturated carbocycles. The van der Waals surface area contributed by atoms with Gasteiger partial charge >= 0.3 is 0 Å². The van der Waals surface area contributed by atoms with Gasteiger partial charge in [0.2, 0.25) is 4.96 Å². The molecule has 0 spiro atoms. The van der Waals surface area contributed by atoms with Crippen LogP contribution in [0.1, 0.15) is 10.4 Å². The van der Waals surface area contributed by atoms with Gasteiger partial charge < -0.3 is 10.2 Å². The zero-order valence-corrected chi connectivity index (χ0v) is 13.8. The van der Waals surface area contributed by atoms with E-state index in [-0.39, 0.29) is 23.0 Å². The number of nitrogens with zero attached hydrogens (tertiary/aromatic N) is 3. The molecule has 0 aliphatic rings. The minimum Gasteiger partial charge on any atom is -0.504 e. The van der Waals surface area contributed by atoms with Gasteiger partial charge in [0.15, 0.2) is 22.4 Å². The maximum absolute atomic E-state index is 12.3. The smallest absolute Gasteiger partial charge is 0.217 e. The average molecular weight is 357 g/mol. The van der Waals surface area contributed by atoms with Crippen molar-refractivity contribution < 1.29 is 15.0 Å². The summed E-state index contributed by atoms with van der Waals surface area (Å²) < 4.78 is 3.05. The van der Waals surface area contributed by atoms with Gasteiger partial charge in [-0.2, -0.15) is 0 Å². The first-order valence-corrected chi connectivity index (χ1v) is 8.84. The number of hydrogen-bond acceptors (Lipinski definition) is 7. The van der Waals surface area contributed by atoms with Gasteiger partial charge in [0.05, 0.1) is 16.0 Å². The molecule has 2 heterocycles. The molecule has 2 aromatic carbocycles. The molecule has 6 nitrogen and oxygen atoms in total. The minimum atomic E-state index is -0.306. The Balaban J connectivity index is 1.60. The summed E-state index contributed by atoms with van der Waals surface area (Å²) in [6.07, 6.45) is 0. The van der Waals surface area contributed by atoms with Crippen LogP contribution in [0.25, 0.3) is 15.2 Å². The number of fused-ring (bicyclic) bond motifs is 3. The van der Waals surface area contributed by atoms with Crippen molar-refractivity contribution in [2.45, 2.75) is 5.16 Å². The summed E-state index contributed by atoms with van der Waals surface area (Å²) >= 11 is 2.84. The van der Waals surface area contributed by atoms with Gasteiger partial charge in [0.1, 0.15) is 0 Å². The molecule has 4 rings (SSSR count). The van der Waals surface area contributed by atoms with Crippen LogP contribution in [0.5, 0.6) is 11.5 Å². The summed E-state index contributed by atoms with van der Waals surface area (Å²) in [7, 11) is 0. The Morgan fingerprint density at radius 1 is 1.12 bits per heavy atom. The number of phenols is 2. The van der Waals surface area contributed by atoms with Gasteiger partial charge in [0.25, 0.3) is 0 Å². The number of aromatic nitrogens is 3. The topological polar surface area (TPSA) is 87.7 Å². The van der Waals surface area contributed by atoms with E-state index < -0.39 is 0 Å². The molecule has 0 radical (unpaired) electrons. The highest BCUT2D eigenvalue weighted by atomic mass is 32.2. The van der Waals surface area contributed by atoms with E-state index in [9.17, 15) is 15.0 Å². The molecule has 120 valence electrons. The lowest BCUT2D eigenvalue weighted by Gasteiger charge is -2.02. The normalized spacial score (nSPS) is 11.3. The zero-order valence-electron chi connectivity index (χ0n) is 12.2. The van der Waals surface area contributed by atoms with Gasteiger partial charge in [-0.15, -0.1) is 10.2 Å². The average Bonchev–Trinajstić information content (AvgIpc) is 3.14. The molecule has 2 N–H and O–H groups in total. The van der Waals surface area contributed by atoms with Crippen molar-refractivity contribution in [3.63, 3.8) is 0 Å². The van der Waals surface area contributed by atoms with E-state index in [4.69, 9.17) is 0 Å². The largest absolute Gasteiger partial charge is 0.504 e.